The lowest BCUT2D eigenvalue weighted by Gasteiger charge is -2.27. The van der Waals surface area contributed by atoms with Crippen molar-refractivity contribution in [2.45, 2.75) is 58.8 Å². The van der Waals surface area contributed by atoms with Crippen molar-refractivity contribution in [3.8, 4) is 5.88 Å². The average Bonchev–Trinajstić information content (AvgIpc) is 3.29. The van der Waals surface area contributed by atoms with Crippen LogP contribution in [0.4, 0.5) is 0 Å². The van der Waals surface area contributed by atoms with E-state index in [0.29, 0.717) is 31.9 Å². The highest BCUT2D eigenvalue weighted by Gasteiger charge is 2.39. The molecule has 1 aromatic rings. The number of hydrogen-bond acceptors (Lipinski definition) is 7. The standard InChI is InChI=1S/C19H31N3O6/c1-5-25-16(26-6-2)11-27-15-10-14(28-21-15)17(12(3)4)19(24)22-9-7-8-13(22)18(20)23/h10,12-13,16-17H,5-9,11H2,1-4H3,(H2,20,23)/t13-,17?/m0/s1. The van der Waals surface area contributed by atoms with Crippen molar-refractivity contribution in [1.29, 1.82) is 0 Å². The molecule has 1 fully saturated rings. The highest BCUT2D eigenvalue weighted by Crippen LogP contribution is 2.32. The van der Waals surface area contributed by atoms with E-state index in [0.717, 1.165) is 6.42 Å². The largest absolute Gasteiger partial charge is 0.470 e. The summed E-state index contributed by atoms with van der Waals surface area (Å²) in [6.07, 6.45) is 0.844. The lowest BCUT2D eigenvalue weighted by Crippen LogP contribution is -2.46. The van der Waals surface area contributed by atoms with Gasteiger partial charge in [-0.15, -0.1) is 0 Å². The van der Waals surface area contributed by atoms with E-state index >= 15 is 0 Å². The molecule has 2 N–H and O–H groups in total. The topological polar surface area (TPSA) is 117 Å². The molecule has 0 aliphatic carbocycles. The number of nitrogens with two attached hydrogens (primary N) is 1. The molecule has 9 nitrogen and oxygen atoms in total. The van der Waals surface area contributed by atoms with Crippen LogP contribution in [0.5, 0.6) is 5.88 Å². The highest BCUT2D eigenvalue weighted by molar-refractivity contribution is 5.90. The van der Waals surface area contributed by atoms with Crippen LogP contribution >= 0.6 is 0 Å². The molecule has 0 saturated carbocycles. The summed E-state index contributed by atoms with van der Waals surface area (Å²) < 4.78 is 21.8. The molecule has 1 unspecified atom stereocenters. The fraction of sp³-hybridized carbons (Fsp3) is 0.737. The Labute approximate surface area is 165 Å². The van der Waals surface area contributed by atoms with Crippen LogP contribution in [0.25, 0.3) is 0 Å². The van der Waals surface area contributed by atoms with E-state index in [2.05, 4.69) is 5.16 Å². The average molecular weight is 397 g/mol. The Bertz CT molecular complexity index is 641. The zero-order chi connectivity index (χ0) is 20.7. The van der Waals surface area contributed by atoms with Crippen LogP contribution in [0.1, 0.15) is 52.2 Å². The van der Waals surface area contributed by atoms with Crippen molar-refractivity contribution in [2.24, 2.45) is 11.7 Å². The monoisotopic (exact) mass is 397 g/mol. The predicted octanol–water partition coefficient (Wildman–Crippen LogP) is 1.67. The maximum absolute atomic E-state index is 13.1. The minimum absolute atomic E-state index is 0.0537. The molecule has 2 heterocycles. The van der Waals surface area contributed by atoms with Crippen LogP contribution in [0.15, 0.2) is 10.6 Å². The van der Waals surface area contributed by atoms with E-state index in [1.165, 1.54) is 0 Å². The molecule has 2 amide bonds. The van der Waals surface area contributed by atoms with Crippen molar-refractivity contribution in [2.75, 3.05) is 26.4 Å². The molecule has 1 aliphatic rings. The minimum Gasteiger partial charge on any atom is -0.470 e. The quantitative estimate of drug-likeness (QED) is 0.564. The first-order chi connectivity index (χ1) is 13.4. The van der Waals surface area contributed by atoms with Crippen molar-refractivity contribution in [3.05, 3.63) is 11.8 Å². The highest BCUT2D eigenvalue weighted by atomic mass is 16.7. The third-order valence-electron chi connectivity index (χ3n) is 4.68. The summed E-state index contributed by atoms with van der Waals surface area (Å²) >= 11 is 0. The van der Waals surface area contributed by atoms with Crippen molar-refractivity contribution >= 4 is 11.8 Å². The summed E-state index contributed by atoms with van der Waals surface area (Å²) in [6, 6.07) is 1.04. The summed E-state index contributed by atoms with van der Waals surface area (Å²) in [7, 11) is 0. The van der Waals surface area contributed by atoms with Crippen molar-refractivity contribution < 1.29 is 28.3 Å². The Morgan fingerprint density at radius 1 is 1.32 bits per heavy atom. The number of aromatic nitrogens is 1. The number of carbonyl (C=O) groups excluding carboxylic acids is 2. The van der Waals surface area contributed by atoms with Crippen LogP contribution in [-0.2, 0) is 19.1 Å². The van der Waals surface area contributed by atoms with Crippen LogP contribution in [0.3, 0.4) is 0 Å². The second kappa shape index (κ2) is 10.4. The fourth-order valence-corrected chi connectivity index (χ4v) is 3.40. The molecule has 9 heteroatoms. The number of hydrogen-bond donors (Lipinski definition) is 1. The van der Waals surface area contributed by atoms with E-state index in [9.17, 15) is 9.59 Å². The second-order valence-corrected chi connectivity index (χ2v) is 7.03. The van der Waals surface area contributed by atoms with Crippen LogP contribution in [-0.4, -0.2) is 60.6 Å². The van der Waals surface area contributed by atoms with E-state index in [1.54, 1.807) is 11.0 Å². The first-order valence-corrected chi connectivity index (χ1v) is 9.81. The molecule has 1 aromatic heterocycles. The van der Waals surface area contributed by atoms with Gasteiger partial charge in [0.1, 0.15) is 18.6 Å². The maximum atomic E-state index is 13.1. The molecule has 0 radical (unpaired) electrons. The van der Waals surface area contributed by atoms with Gasteiger partial charge in [-0.3, -0.25) is 9.59 Å². The van der Waals surface area contributed by atoms with Crippen LogP contribution in [0, 0.1) is 5.92 Å². The lowest BCUT2D eigenvalue weighted by atomic mass is 9.91. The first kappa shape index (κ1) is 22.2. The Hall–Kier alpha value is -2.13. The Balaban J connectivity index is 2.08. The van der Waals surface area contributed by atoms with Gasteiger partial charge in [0.15, 0.2) is 12.1 Å². The van der Waals surface area contributed by atoms with Gasteiger partial charge in [-0.1, -0.05) is 13.8 Å². The molecule has 1 saturated heterocycles. The molecule has 158 valence electrons. The first-order valence-electron chi connectivity index (χ1n) is 9.81. The third kappa shape index (κ3) is 5.45. The zero-order valence-electron chi connectivity index (χ0n) is 17.1. The van der Waals surface area contributed by atoms with E-state index in [-0.39, 0.29) is 24.3 Å². The Morgan fingerprint density at radius 2 is 2.00 bits per heavy atom. The van der Waals surface area contributed by atoms with Gasteiger partial charge in [0.2, 0.25) is 11.8 Å². The fourth-order valence-electron chi connectivity index (χ4n) is 3.40. The summed E-state index contributed by atoms with van der Waals surface area (Å²) in [6.45, 7) is 9.25. The number of amides is 2. The third-order valence-corrected chi connectivity index (χ3v) is 4.68. The van der Waals surface area contributed by atoms with Gasteiger partial charge in [0, 0.05) is 25.8 Å². The number of ether oxygens (including phenoxy) is 3. The Kier molecular flexibility index (Phi) is 8.25. The molecular formula is C19H31N3O6. The van der Waals surface area contributed by atoms with Crippen molar-refractivity contribution in [3.63, 3.8) is 0 Å². The smallest absolute Gasteiger partial charge is 0.254 e. The molecule has 0 aromatic carbocycles. The van der Waals surface area contributed by atoms with E-state index < -0.39 is 24.2 Å². The number of primary amides is 1. The number of rotatable bonds is 11. The summed E-state index contributed by atoms with van der Waals surface area (Å²) in [4.78, 5) is 26.3. The molecular weight excluding hydrogens is 366 g/mol. The van der Waals surface area contributed by atoms with Gasteiger partial charge in [0.05, 0.1) is 0 Å². The van der Waals surface area contributed by atoms with Gasteiger partial charge in [-0.05, 0) is 37.8 Å². The molecule has 28 heavy (non-hydrogen) atoms. The van der Waals surface area contributed by atoms with E-state index in [4.69, 9.17) is 24.5 Å². The summed E-state index contributed by atoms with van der Waals surface area (Å²) in [5.74, 6) is -0.630. The van der Waals surface area contributed by atoms with Gasteiger partial charge in [-0.25, -0.2) is 0 Å². The molecule has 2 atom stereocenters. The molecule has 0 spiro atoms. The normalized spacial score (nSPS) is 18.1. The molecule has 0 bridgehead atoms. The van der Waals surface area contributed by atoms with Gasteiger partial charge in [0.25, 0.3) is 5.88 Å². The SMILES string of the molecule is CCOC(COc1cc(C(C(=O)N2CCC[C@H]2C(N)=O)C(C)C)on1)OCC. The maximum Gasteiger partial charge on any atom is 0.254 e. The van der Waals surface area contributed by atoms with Gasteiger partial charge in [-0.2, -0.15) is 0 Å². The predicted molar refractivity (Wildman–Crippen MR) is 101 cm³/mol. The Morgan fingerprint density at radius 3 is 2.57 bits per heavy atom. The molecule has 1 aliphatic heterocycles. The number of likely N-dealkylation sites (tertiary alicyclic amines) is 1. The van der Waals surface area contributed by atoms with Crippen molar-refractivity contribution in [1.82, 2.24) is 10.1 Å². The second-order valence-electron chi connectivity index (χ2n) is 7.03. The van der Waals surface area contributed by atoms with E-state index in [1.807, 2.05) is 27.7 Å². The summed E-state index contributed by atoms with van der Waals surface area (Å²) in [5, 5.41) is 3.90. The van der Waals surface area contributed by atoms with Gasteiger partial charge >= 0.3 is 0 Å². The van der Waals surface area contributed by atoms with Crippen LogP contribution in [0.2, 0.25) is 0 Å². The zero-order valence-corrected chi connectivity index (χ0v) is 17.1. The van der Waals surface area contributed by atoms with Gasteiger partial charge < -0.3 is 29.4 Å². The summed E-state index contributed by atoms with van der Waals surface area (Å²) in [5.41, 5.74) is 5.45. The molecule has 2 rings (SSSR count). The number of nitrogens with zero attached hydrogens (tertiary/aromatic N) is 2. The number of carbonyl (C=O) groups is 2. The lowest BCUT2D eigenvalue weighted by molar-refractivity contribution is -0.153. The minimum atomic E-state index is -0.570. The van der Waals surface area contributed by atoms with Crippen LogP contribution < -0.4 is 10.5 Å².